The van der Waals surface area contributed by atoms with Crippen molar-refractivity contribution in [3.05, 3.63) is 21.9 Å². The fraction of sp³-hybridized carbons (Fsp3) is 0.625. The Morgan fingerprint density at radius 1 is 0.952 bits per heavy atom. The summed E-state index contributed by atoms with van der Waals surface area (Å²) in [6, 6.07) is 4.07. The summed E-state index contributed by atoms with van der Waals surface area (Å²) in [7, 11) is 0. The number of thiophene rings is 1. The van der Waals surface area contributed by atoms with E-state index in [4.69, 9.17) is 9.47 Å². The second kappa shape index (κ2) is 10.4. The molecule has 0 bridgehead atoms. The molecule has 1 heterocycles. The topological polar surface area (TPSA) is 52.6 Å². The first kappa shape index (κ1) is 17.7. The molecule has 5 heteroatoms. The first-order chi connectivity index (χ1) is 10.2. The predicted molar refractivity (Wildman–Crippen MR) is 83.5 cm³/mol. The lowest BCUT2D eigenvalue weighted by molar-refractivity contribution is -0.143. The number of unbranched alkanes of at least 4 members (excludes halogenated alkanes) is 2. The lowest BCUT2D eigenvalue weighted by atomic mass is 10.1. The molecule has 0 aliphatic rings. The van der Waals surface area contributed by atoms with Gasteiger partial charge in [-0.1, -0.05) is 6.42 Å². The van der Waals surface area contributed by atoms with Gasteiger partial charge < -0.3 is 9.47 Å². The molecule has 0 saturated carbocycles. The maximum atomic E-state index is 11.4. The highest BCUT2D eigenvalue weighted by molar-refractivity contribution is 7.12. The van der Waals surface area contributed by atoms with Crippen LogP contribution in [-0.4, -0.2) is 25.2 Å². The van der Waals surface area contributed by atoms with Gasteiger partial charge in [-0.15, -0.1) is 11.3 Å². The van der Waals surface area contributed by atoms with Gasteiger partial charge in [0.1, 0.15) is 0 Å². The van der Waals surface area contributed by atoms with E-state index in [2.05, 4.69) is 6.07 Å². The van der Waals surface area contributed by atoms with E-state index in [1.165, 1.54) is 4.88 Å². The Labute approximate surface area is 130 Å². The summed E-state index contributed by atoms with van der Waals surface area (Å²) in [5, 5.41) is 0. The van der Waals surface area contributed by atoms with E-state index in [1.54, 1.807) is 11.3 Å². The van der Waals surface area contributed by atoms with Gasteiger partial charge in [0.2, 0.25) is 0 Å². The summed E-state index contributed by atoms with van der Waals surface area (Å²) < 4.78 is 9.82. The van der Waals surface area contributed by atoms with Gasteiger partial charge in [0, 0.05) is 16.2 Å². The van der Waals surface area contributed by atoms with Crippen molar-refractivity contribution in [2.45, 2.75) is 52.4 Å². The molecule has 0 unspecified atom stereocenters. The molecule has 21 heavy (non-hydrogen) atoms. The number of rotatable bonds is 10. The van der Waals surface area contributed by atoms with Crippen molar-refractivity contribution in [1.82, 2.24) is 0 Å². The van der Waals surface area contributed by atoms with Gasteiger partial charge in [0.25, 0.3) is 0 Å². The van der Waals surface area contributed by atoms with Crippen molar-refractivity contribution >= 4 is 23.3 Å². The van der Waals surface area contributed by atoms with Crippen LogP contribution < -0.4 is 0 Å². The molecule has 4 nitrogen and oxygen atoms in total. The second-order valence-corrected chi connectivity index (χ2v) is 5.97. The summed E-state index contributed by atoms with van der Waals surface area (Å²) in [5.41, 5.74) is 0. The summed E-state index contributed by atoms with van der Waals surface area (Å²) in [4.78, 5) is 24.9. The van der Waals surface area contributed by atoms with E-state index in [0.717, 1.165) is 30.6 Å². The summed E-state index contributed by atoms with van der Waals surface area (Å²) in [5.74, 6) is -0.273. The third-order valence-corrected chi connectivity index (χ3v) is 4.10. The molecule has 1 aromatic heterocycles. The van der Waals surface area contributed by atoms with Gasteiger partial charge in [0.05, 0.1) is 19.6 Å². The van der Waals surface area contributed by atoms with Gasteiger partial charge in [0.15, 0.2) is 0 Å². The average Bonchev–Trinajstić information content (AvgIpc) is 2.86. The van der Waals surface area contributed by atoms with Crippen LogP contribution in [0.25, 0.3) is 0 Å². The number of carbonyl (C=O) groups is 2. The van der Waals surface area contributed by atoms with Crippen LogP contribution in [0.3, 0.4) is 0 Å². The summed E-state index contributed by atoms with van der Waals surface area (Å²) in [6.45, 7) is 4.52. The zero-order valence-electron chi connectivity index (χ0n) is 12.9. The van der Waals surface area contributed by atoms with Gasteiger partial charge >= 0.3 is 11.9 Å². The molecule has 0 atom stereocenters. The average molecular weight is 312 g/mol. The molecule has 0 aliphatic carbocycles. The lowest BCUT2D eigenvalue weighted by Crippen LogP contribution is -2.06. The van der Waals surface area contributed by atoms with Crippen molar-refractivity contribution < 1.29 is 19.1 Å². The highest BCUT2D eigenvalue weighted by atomic mass is 32.1. The highest BCUT2D eigenvalue weighted by Gasteiger charge is 2.07. The molecule has 0 saturated heterocycles. The summed E-state index contributed by atoms with van der Waals surface area (Å²) in [6.07, 6.45) is 4.81. The Kier molecular flexibility index (Phi) is 8.74. The molecule has 0 radical (unpaired) electrons. The van der Waals surface area contributed by atoms with Crippen LogP contribution in [-0.2, 0) is 31.9 Å². The van der Waals surface area contributed by atoms with Gasteiger partial charge in [-0.25, -0.2) is 0 Å². The van der Waals surface area contributed by atoms with Gasteiger partial charge in [-0.2, -0.15) is 0 Å². The minimum Gasteiger partial charge on any atom is -0.466 e. The lowest BCUT2D eigenvalue weighted by Gasteiger charge is -2.01. The minimum absolute atomic E-state index is 0.106. The second-order valence-electron chi connectivity index (χ2n) is 4.72. The molecule has 0 N–H and O–H groups in total. The monoisotopic (exact) mass is 312 g/mol. The number of carbonyl (C=O) groups excluding carboxylic acids is 2. The predicted octanol–water partition coefficient (Wildman–Crippen LogP) is 3.52. The molecule has 118 valence electrons. The van der Waals surface area contributed by atoms with Crippen LogP contribution in [0.15, 0.2) is 12.1 Å². The Morgan fingerprint density at radius 2 is 1.62 bits per heavy atom. The molecular weight excluding hydrogens is 288 g/mol. The minimum atomic E-state index is -0.166. The van der Waals surface area contributed by atoms with Crippen molar-refractivity contribution in [2.24, 2.45) is 0 Å². The van der Waals surface area contributed by atoms with Crippen LogP contribution >= 0.6 is 11.3 Å². The van der Waals surface area contributed by atoms with Crippen LogP contribution in [0, 0.1) is 0 Å². The first-order valence-corrected chi connectivity index (χ1v) is 8.36. The molecule has 0 spiro atoms. The number of aryl methyl sites for hydroxylation is 1. The quantitative estimate of drug-likeness (QED) is 0.490. The zero-order chi connectivity index (χ0) is 15.5. The number of hydrogen-bond acceptors (Lipinski definition) is 5. The maximum Gasteiger partial charge on any atom is 0.311 e. The van der Waals surface area contributed by atoms with Crippen molar-refractivity contribution in [1.29, 1.82) is 0 Å². The van der Waals surface area contributed by atoms with Crippen LogP contribution in [0.5, 0.6) is 0 Å². The Balaban J connectivity index is 2.17. The smallest absolute Gasteiger partial charge is 0.311 e. The van der Waals surface area contributed by atoms with E-state index in [-0.39, 0.29) is 11.9 Å². The van der Waals surface area contributed by atoms with Crippen molar-refractivity contribution in [3.63, 3.8) is 0 Å². The van der Waals surface area contributed by atoms with Gasteiger partial charge in [-0.3, -0.25) is 9.59 Å². The molecule has 1 rings (SSSR count). The van der Waals surface area contributed by atoms with E-state index >= 15 is 0 Å². The third-order valence-electron chi connectivity index (χ3n) is 2.95. The largest absolute Gasteiger partial charge is 0.466 e. The van der Waals surface area contributed by atoms with E-state index in [0.29, 0.717) is 26.1 Å². The van der Waals surface area contributed by atoms with Crippen molar-refractivity contribution in [2.75, 3.05) is 13.2 Å². The Hall–Kier alpha value is -1.36. The molecule has 0 amide bonds. The fourth-order valence-corrected chi connectivity index (χ4v) is 3.03. The molecule has 0 aliphatic heterocycles. The van der Waals surface area contributed by atoms with E-state index in [9.17, 15) is 9.59 Å². The van der Waals surface area contributed by atoms with Gasteiger partial charge in [-0.05, 0) is 45.2 Å². The van der Waals surface area contributed by atoms with Crippen LogP contribution in [0.1, 0.15) is 49.3 Å². The molecule has 0 fully saturated rings. The standard InChI is InChI=1S/C16H24O4S/c1-3-19-15(17)9-7-5-6-8-13-10-11-14(21-13)12-16(18)20-4-2/h10-11H,3-9,12H2,1-2H3. The summed E-state index contributed by atoms with van der Waals surface area (Å²) >= 11 is 1.67. The number of hydrogen-bond donors (Lipinski definition) is 0. The number of ether oxygens (including phenoxy) is 2. The zero-order valence-corrected chi connectivity index (χ0v) is 13.7. The van der Waals surface area contributed by atoms with E-state index < -0.39 is 0 Å². The SMILES string of the molecule is CCOC(=O)CCCCCc1ccc(CC(=O)OCC)s1. The van der Waals surface area contributed by atoms with Crippen LogP contribution in [0.2, 0.25) is 0 Å². The van der Waals surface area contributed by atoms with Crippen LogP contribution in [0.4, 0.5) is 0 Å². The highest BCUT2D eigenvalue weighted by Crippen LogP contribution is 2.20. The Bertz CT molecular complexity index is 439. The fourth-order valence-electron chi connectivity index (χ4n) is 1.98. The Morgan fingerprint density at radius 3 is 2.33 bits per heavy atom. The number of esters is 2. The normalized spacial score (nSPS) is 10.4. The maximum absolute atomic E-state index is 11.4. The molecular formula is C16H24O4S. The van der Waals surface area contributed by atoms with Crippen molar-refractivity contribution in [3.8, 4) is 0 Å². The third kappa shape index (κ3) is 7.85. The first-order valence-electron chi connectivity index (χ1n) is 7.54. The van der Waals surface area contributed by atoms with E-state index in [1.807, 2.05) is 19.9 Å². The molecule has 1 aromatic rings. The molecule has 0 aromatic carbocycles.